The van der Waals surface area contributed by atoms with Crippen molar-refractivity contribution in [1.29, 1.82) is 0 Å². The van der Waals surface area contributed by atoms with Gasteiger partial charge < -0.3 is 25.2 Å². The van der Waals surface area contributed by atoms with Gasteiger partial charge in [0.1, 0.15) is 32.7 Å². The molecule has 2 amide bonds. The van der Waals surface area contributed by atoms with E-state index in [-0.39, 0.29) is 12.0 Å². The molecule has 2 aliphatic rings. The number of ether oxygens (including phenoxy) is 1. The zero-order valence-corrected chi connectivity index (χ0v) is 17.1. The number of urea groups is 1. The Morgan fingerprint density at radius 1 is 1.14 bits per heavy atom. The van der Waals surface area contributed by atoms with E-state index in [1.165, 1.54) is 4.90 Å². The summed E-state index contributed by atoms with van der Waals surface area (Å²) in [6.07, 6.45) is 0. The molecule has 2 aliphatic heterocycles. The fraction of sp³-hybridized carbons (Fsp3) is 0.524. The maximum absolute atomic E-state index is 12.9. The summed E-state index contributed by atoms with van der Waals surface area (Å²) in [6.45, 7) is 12.3. The van der Waals surface area contributed by atoms with Gasteiger partial charge in [0.2, 0.25) is 0 Å². The molecule has 0 unspecified atom stereocenters. The molecule has 3 rings (SSSR count). The second-order valence-corrected chi connectivity index (χ2v) is 7.53. The van der Waals surface area contributed by atoms with E-state index < -0.39 is 6.04 Å². The lowest BCUT2D eigenvalue weighted by atomic mass is 9.92. The fourth-order valence-electron chi connectivity index (χ4n) is 4.09. The van der Waals surface area contributed by atoms with Gasteiger partial charge in [0.05, 0.1) is 30.5 Å². The first kappa shape index (κ1) is 20.4. The molecular formula is C21H32N4O3+2. The molecule has 4 N–H and O–H groups in total. The van der Waals surface area contributed by atoms with Gasteiger partial charge in [-0.05, 0) is 31.9 Å². The Morgan fingerprint density at radius 3 is 2.46 bits per heavy atom. The molecule has 1 aromatic carbocycles. The third kappa shape index (κ3) is 4.54. The van der Waals surface area contributed by atoms with Crippen LogP contribution >= 0.6 is 0 Å². The van der Waals surface area contributed by atoms with E-state index in [0.717, 1.165) is 43.9 Å². The Labute approximate surface area is 166 Å². The van der Waals surface area contributed by atoms with Crippen LogP contribution in [0.3, 0.4) is 0 Å². The van der Waals surface area contributed by atoms with Gasteiger partial charge in [-0.3, -0.25) is 0 Å². The number of hydrogen-bond acceptors (Lipinski definition) is 3. The summed E-state index contributed by atoms with van der Waals surface area (Å²) in [5.41, 5.74) is 3.16. The van der Waals surface area contributed by atoms with Gasteiger partial charge >= 0.3 is 12.0 Å². The zero-order chi connectivity index (χ0) is 20.1. The van der Waals surface area contributed by atoms with Crippen molar-refractivity contribution in [3.05, 3.63) is 46.7 Å². The van der Waals surface area contributed by atoms with Gasteiger partial charge in [-0.1, -0.05) is 24.3 Å². The molecule has 1 fully saturated rings. The molecule has 0 bridgehead atoms. The van der Waals surface area contributed by atoms with Gasteiger partial charge in [0.25, 0.3) is 0 Å². The number of hydrogen-bond donors (Lipinski definition) is 4. The van der Waals surface area contributed by atoms with E-state index in [1.54, 1.807) is 11.8 Å². The van der Waals surface area contributed by atoms with Crippen LogP contribution in [-0.4, -0.2) is 57.9 Å². The van der Waals surface area contributed by atoms with Crippen LogP contribution in [0, 0.1) is 6.92 Å². The van der Waals surface area contributed by atoms with Gasteiger partial charge in [-0.2, -0.15) is 0 Å². The van der Waals surface area contributed by atoms with E-state index in [2.05, 4.69) is 17.6 Å². The topological polar surface area (TPSA) is 76.3 Å². The highest BCUT2D eigenvalue weighted by atomic mass is 16.5. The van der Waals surface area contributed by atoms with Crippen LogP contribution in [0.15, 0.2) is 35.5 Å². The van der Waals surface area contributed by atoms with Gasteiger partial charge in [0, 0.05) is 0 Å². The number of piperazine rings is 1. The average molecular weight is 389 g/mol. The number of quaternary nitrogens is 2. The van der Waals surface area contributed by atoms with Gasteiger partial charge in [-0.25, -0.2) is 9.59 Å². The number of esters is 1. The fourth-order valence-corrected chi connectivity index (χ4v) is 4.09. The Bertz CT molecular complexity index is 754. The summed E-state index contributed by atoms with van der Waals surface area (Å²) in [7, 11) is 0. The smallest absolute Gasteiger partial charge is 0.338 e. The lowest BCUT2D eigenvalue weighted by Crippen LogP contribution is -3.28. The first-order chi connectivity index (χ1) is 13.5. The maximum Gasteiger partial charge on any atom is 0.338 e. The van der Waals surface area contributed by atoms with Crippen molar-refractivity contribution in [1.82, 2.24) is 10.6 Å². The van der Waals surface area contributed by atoms with Crippen molar-refractivity contribution in [2.24, 2.45) is 0 Å². The number of carbonyl (C=O) groups excluding carboxylic acids is 2. The van der Waals surface area contributed by atoms with Crippen LogP contribution in [0.25, 0.3) is 0 Å². The Hall–Kier alpha value is -2.38. The minimum atomic E-state index is -0.494. The summed E-state index contributed by atoms with van der Waals surface area (Å²) < 4.78 is 5.36. The monoisotopic (exact) mass is 388 g/mol. The number of benzene rings is 1. The van der Waals surface area contributed by atoms with Crippen molar-refractivity contribution in [3.63, 3.8) is 0 Å². The molecule has 2 heterocycles. The number of aryl methyl sites for hydroxylation is 1. The zero-order valence-electron chi connectivity index (χ0n) is 17.1. The Morgan fingerprint density at radius 2 is 1.82 bits per heavy atom. The molecular weight excluding hydrogens is 356 g/mol. The van der Waals surface area contributed by atoms with Crippen LogP contribution in [0.5, 0.6) is 0 Å². The molecule has 1 saturated heterocycles. The minimum absolute atomic E-state index is 0.270. The molecule has 0 spiro atoms. The highest BCUT2D eigenvalue weighted by molar-refractivity contribution is 5.95. The van der Waals surface area contributed by atoms with Crippen LogP contribution < -0.4 is 20.4 Å². The van der Waals surface area contributed by atoms with Crippen LogP contribution in [0.2, 0.25) is 0 Å². The summed E-state index contributed by atoms with van der Waals surface area (Å²) in [4.78, 5) is 28.3. The third-order valence-corrected chi connectivity index (χ3v) is 5.74. The SMILES string of the molecule is CCOC(=O)C1=C(C[NH+]2CC[NH+](CC)CC2)NC(=O)N[C@H]1c1ccccc1C. The molecule has 0 aliphatic carbocycles. The summed E-state index contributed by atoms with van der Waals surface area (Å²) in [6, 6.07) is 7.06. The normalized spacial score (nSPS) is 25.1. The summed E-state index contributed by atoms with van der Waals surface area (Å²) in [5.74, 6) is -0.365. The van der Waals surface area contributed by atoms with E-state index in [9.17, 15) is 9.59 Å². The largest absolute Gasteiger partial charge is 0.463 e. The van der Waals surface area contributed by atoms with E-state index in [4.69, 9.17) is 4.74 Å². The van der Waals surface area contributed by atoms with Crippen molar-refractivity contribution < 1.29 is 24.1 Å². The standard InChI is InChI=1S/C21H30N4O3/c1-4-24-10-12-25(13-11-24)14-17-18(20(26)28-5-2)19(23-21(27)22-17)16-9-7-6-8-15(16)3/h6-9,19H,4-5,10-14H2,1-3H3,(H2,22,23,27)/p+2/t19-/m0/s1. The maximum atomic E-state index is 12.9. The van der Waals surface area contributed by atoms with Crippen LogP contribution in [-0.2, 0) is 9.53 Å². The molecule has 0 aromatic heterocycles. The number of amides is 2. The lowest BCUT2D eigenvalue weighted by molar-refractivity contribution is -1.01. The number of rotatable bonds is 6. The molecule has 28 heavy (non-hydrogen) atoms. The van der Waals surface area contributed by atoms with Gasteiger partial charge in [0.15, 0.2) is 0 Å². The van der Waals surface area contributed by atoms with Crippen LogP contribution in [0.4, 0.5) is 4.79 Å². The Balaban J connectivity index is 1.93. The molecule has 152 valence electrons. The first-order valence-corrected chi connectivity index (χ1v) is 10.2. The van der Waals surface area contributed by atoms with E-state index >= 15 is 0 Å². The van der Waals surface area contributed by atoms with E-state index in [1.807, 2.05) is 31.2 Å². The number of carbonyl (C=O) groups is 2. The lowest BCUT2D eigenvalue weighted by Gasteiger charge is -2.33. The second-order valence-electron chi connectivity index (χ2n) is 7.53. The van der Waals surface area contributed by atoms with Crippen molar-refractivity contribution >= 4 is 12.0 Å². The van der Waals surface area contributed by atoms with Crippen molar-refractivity contribution in [2.45, 2.75) is 26.8 Å². The molecule has 1 atom stereocenters. The first-order valence-electron chi connectivity index (χ1n) is 10.2. The number of likely N-dealkylation sites (N-methyl/N-ethyl adjacent to an activating group) is 1. The second kappa shape index (κ2) is 9.21. The summed E-state index contributed by atoms with van der Waals surface area (Å²) in [5, 5.41) is 5.82. The molecule has 7 heteroatoms. The predicted octanol–water partition coefficient (Wildman–Crippen LogP) is -1.03. The highest BCUT2D eigenvalue weighted by Crippen LogP contribution is 2.29. The average Bonchev–Trinajstić information content (AvgIpc) is 2.68. The predicted molar refractivity (Wildman–Crippen MR) is 106 cm³/mol. The molecule has 0 radical (unpaired) electrons. The quantitative estimate of drug-likeness (QED) is 0.471. The number of nitrogens with one attached hydrogen (secondary N) is 4. The van der Waals surface area contributed by atoms with Crippen molar-refractivity contribution in [3.8, 4) is 0 Å². The van der Waals surface area contributed by atoms with Crippen molar-refractivity contribution in [2.75, 3.05) is 45.9 Å². The molecule has 0 saturated carbocycles. The Kier molecular flexibility index (Phi) is 6.70. The van der Waals surface area contributed by atoms with E-state index in [0.29, 0.717) is 24.4 Å². The third-order valence-electron chi connectivity index (χ3n) is 5.74. The minimum Gasteiger partial charge on any atom is -0.463 e. The molecule has 1 aromatic rings. The summed E-state index contributed by atoms with van der Waals surface area (Å²) >= 11 is 0. The van der Waals surface area contributed by atoms with Gasteiger partial charge in [-0.15, -0.1) is 0 Å². The van der Waals surface area contributed by atoms with Crippen LogP contribution in [0.1, 0.15) is 31.0 Å². The highest BCUT2D eigenvalue weighted by Gasteiger charge is 2.36. The molecule has 7 nitrogen and oxygen atoms in total.